The number of hydrogen-bond donors (Lipinski definition) is 0. The summed E-state index contributed by atoms with van der Waals surface area (Å²) in [5.41, 5.74) is 0.356. The normalized spacial score (nSPS) is 14.6. The maximum absolute atomic E-state index is 9.03. The van der Waals surface area contributed by atoms with Gasteiger partial charge in [-0.05, 0) is 25.0 Å². The van der Waals surface area contributed by atoms with Crippen LogP contribution in [0, 0.1) is 11.3 Å². The zero-order valence-corrected chi connectivity index (χ0v) is 8.47. The first-order valence-electron chi connectivity index (χ1n) is 4.15. The summed E-state index contributed by atoms with van der Waals surface area (Å²) >= 11 is 5.95. The molecule has 0 radical (unpaired) electrons. The van der Waals surface area contributed by atoms with Crippen molar-refractivity contribution in [3.63, 3.8) is 0 Å². The summed E-state index contributed by atoms with van der Waals surface area (Å²) in [5.74, 6) is 0. The van der Waals surface area contributed by atoms with Gasteiger partial charge in [0, 0.05) is 12.4 Å². The number of nitrogens with zero attached hydrogens (tertiary/aromatic N) is 2. The number of halogens is 1. The highest BCUT2D eigenvalue weighted by atomic mass is 35.5. The first-order valence-corrected chi connectivity index (χ1v) is 4.53. The molecule has 0 spiro atoms. The molecular weight excluding hydrogens is 184 g/mol. The van der Waals surface area contributed by atoms with Crippen LogP contribution in [0.3, 0.4) is 0 Å². The van der Waals surface area contributed by atoms with E-state index in [1.807, 2.05) is 13.8 Å². The molecule has 1 rings (SSSR count). The third kappa shape index (κ3) is 1.81. The number of rotatable bonds is 2. The van der Waals surface area contributed by atoms with Gasteiger partial charge in [-0.15, -0.1) is 0 Å². The Morgan fingerprint density at radius 1 is 1.69 bits per heavy atom. The molecule has 0 aliphatic heterocycles. The van der Waals surface area contributed by atoms with Gasteiger partial charge in [-0.1, -0.05) is 18.5 Å². The summed E-state index contributed by atoms with van der Waals surface area (Å²) < 4.78 is 0. The lowest BCUT2D eigenvalue weighted by atomic mass is 9.82. The van der Waals surface area contributed by atoms with Crippen LogP contribution in [-0.4, -0.2) is 4.98 Å². The number of hydrogen-bond acceptors (Lipinski definition) is 2. The molecule has 2 nitrogen and oxygen atoms in total. The Morgan fingerprint density at radius 3 is 2.85 bits per heavy atom. The summed E-state index contributed by atoms with van der Waals surface area (Å²) in [4.78, 5) is 3.89. The number of nitriles is 1. The van der Waals surface area contributed by atoms with Gasteiger partial charge in [-0.3, -0.25) is 4.98 Å². The quantitative estimate of drug-likeness (QED) is 0.726. The molecule has 1 atom stereocenters. The molecule has 0 fully saturated rings. The topological polar surface area (TPSA) is 36.7 Å². The van der Waals surface area contributed by atoms with Crippen LogP contribution in [0.15, 0.2) is 18.5 Å². The Bertz CT molecular complexity index is 343. The van der Waals surface area contributed by atoms with Crippen molar-refractivity contribution in [1.82, 2.24) is 4.98 Å². The van der Waals surface area contributed by atoms with Crippen molar-refractivity contribution in [1.29, 1.82) is 5.26 Å². The highest BCUT2D eigenvalue weighted by Crippen LogP contribution is 2.31. The van der Waals surface area contributed by atoms with Crippen LogP contribution >= 0.6 is 11.6 Å². The Balaban J connectivity index is 3.22. The standard InChI is InChI=1S/C10H11ClN2/c1-3-10(2,7-12)8-4-5-13-6-9(8)11/h4-6H,3H2,1-2H3. The van der Waals surface area contributed by atoms with Crippen LogP contribution in [0.5, 0.6) is 0 Å². The number of pyridine rings is 1. The summed E-state index contributed by atoms with van der Waals surface area (Å²) in [6.07, 6.45) is 3.97. The highest BCUT2D eigenvalue weighted by Gasteiger charge is 2.26. The molecule has 0 bridgehead atoms. The van der Waals surface area contributed by atoms with E-state index in [2.05, 4.69) is 11.1 Å². The van der Waals surface area contributed by atoms with E-state index in [1.165, 1.54) is 0 Å². The smallest absolute Gasteiger partial charge is 0.0807 e. The van der Waals surface area contributed by atoms with Gasteiger partial charge >= 0.3 is 0 Å². The summed E-state index contributed by atoms with van der Waals surface area (Å²) in [7, 11) is 0. The van der Waals surface area contributed by atoms with Gasteiger partial charge in [-0.25, -0.2) is 0 Å². The van der Waals surface area contributed by atoms with Gasteiger partial charge in [-0.2, -0.15) is 5.26 Å². The SMILES string of the molecule is CCC(C)(C#N)c1ccncc1Cl. The van der Waals surface area contributed by atoms with Crippen LogP contribution in [0.25, 0.3) is 0 Å². The lowest BCUT2D eigenvalue weighted by molar-refractivity contribution is 0.586. The van der Waals surface area contributed by atoms with Gasteiger partial charge in [0.2, 0.25) is 0 Å². The minimum atomic E-state index is -0.500. The van der Waals surface area contributed by atoms with Crippen molar-refractivity contribution in [2.45, 2.75) is 25.7 Å². The van der Waals surface area contributed by atoms with Crippen LogP contribution in [-0.2, 0) is 5.41 Å². The highest BCUT2D eigenvalue weighted by molar-refractivity contribution is 6.31. The fourth-order valence-electron chi connectivity index (χ4n) is 1.15. The minimum absolute atomic E-state index is 0.500. The number of aromatic nitrogens is 1. The van der Waals surface area contributed by atoms with Gasteiger partial charge in [0.25, 0.3) is 0 Å². The Labute approximate surface area is 83.2 Å². The van der Waals surface area contributed by atoms with Crippen molar-refractivity contribution in [3.8, 4) is 6.07 Å². The lowest BCUT2D eigenvalue weighted by Gasteiger charge is -2.20. The second kappa shape index (κ2) is 3.76. The van der Waals surface area contributed by atoms with Crippen molar-refractivity contribution >= 4 is 11.6 Å². The van der Waals surface area contributed by atoms with Gasteiger partial charge in [0.1, 0.15) is 0 Å². The molecule has 1 aromatic heterocycles. The Hall–Kier alpha value is -1.07. The molecule has 68 valence electrons. The Kier molecular flexibility index (Phi) is 2.90. The first-order chi connectivity index (χ1) is 6.14. The molecule has 0 aliphatic rings. The molecule has 0 saturated carbocycles. The molecule has 1 unspecified atom stereocenters. The fourth-order valence-corrected chi connectivity index (χ4v) is 1.48. The van der Waals surface area contributed by atoms with Gasteiger partial charge in [0.05, 0.1) is 16.5 Å². The average Bonchev–Trinajstić information content (AvgIpc) is 2.17. The second-order valence-corrected chi connectivity index (χ2v) is 3.56. The molecule has 0 aliphatic carbocycles. The predicted molar refractivity (Wildman–Crippen MR) is 52.5 cm³/mol. The van der Waals surface area contributed by atoms with E-state index < -0.39 is 5.41 Å². The molecule has 3 heteroatoms. The molecule has 0 amide bonds. The van der Waals surface area contributed by atoms with Gasteiger partial charge < -0.3 is 0 Å². The molecular formula is C10H11ClN2. The lowest BCUT2D eigenvalue weighted by Crippen LogP contribution is -2.18. The fraction of sp³-hybridized carbons (Fsp3) is 0.400. The van der Waals surface area contributed by atoms with Crippen molar-refractivity contribution in [2.75, 3.05) is 0 Å². The Morgan fingerprint density at radius 2 is 2.38 bits per heavy atom. The summed E-state index contributed by atoms with van der Waals surface area (Å²) in [6.45, 7) is 3.86. The molecule has 0 N–H and O–H groups in total. The molecule has 1 heterocycles. The molecule has 0 saturated heterocycles. The van der Waals surface area contributed by atoms with E-state index in [4.69, 9.17) is 16.9 Å². The summed E-state index contributed by atoms with van der Waals surface area (Å²) in [5, 5.41) is 9.60. The first kappa shape index (κ1) is 10.0. The second-order valence-electron chi connectivity index (χ2n) is 3.15. The van der Waals surface area contributed by atoms with Crippen LogP contribution in [0.2, 0.25) is 5.02 Å². The van der Waals surface area contributed by atoms with Gasteiger partial charge in [0.15, 0.2) is 0 Å². The van der Waals surface area contributed by atoms with Crippen molar-refractivity contribution in [2.24, 2.45) is 0 Å². The van der Waals surface area contributed by atoms with Crippen molar-refractivity contribution in [3.05, 3.63) is 29.0 Å². The van der Waals surface area contributed by atoms with E-state index in [0.29, 0.717) is 5.02 Å². The van der Waals surface area contributed by atoms with E-state index >= 15 is 0 Å². The third-order valence-corrected chi connectivity index (χ3v) is 2.62. The van der Waals surface area contributed by atoms with Crippen molar-refractivity contribution < 1.29 is 0 Å². The molecule has 0 aromatic carbocycles. The van der Waals surface area contributed by atoms with Crippen LogP contribution < -0.4 is 0 Å². The van der Waals surface area contributed by atoms with Crippen LogP contribution in [0.1, 0.15) is 25.8 Å². The molecule has 1 aromatic rings. The van der Waals surface area contributed by atoms with E-state index in [-0.39, 0.29) is 0 Å². The summed E-state index contributed by atoms with van der Waals surface area (Å²) in [6, 6.07) is 4.07. The monoisotopic (exact) mass is 194 g/mol. The van der Waals surface area contributed by atoms with E-state index in [1.54, 1.807) is 18.5 Å². The predicted octanol–water partition coefficient (Wildman–Crippen LogP) is 2.93. The van der Waals surface area contributed by atoms with Crippen LogP contribution in [0.4, 0.5) is 0 Å². The zero-order valence-electron chi connectivity index (χ0n) is 7.71. The minimum Gasteiger partial charge on any atom is -0.263 e. The maximum atomic E-state index is 9.03. The maximum Gasteiger partial charge on any atom is 0.0807 e. The zero-order chi connectivity index (χ0) is 9.90. The largest absolute Gasteiger partial charge is 0.263 e. The third-order valence-electron chi connectivity index (χ3n) is 2.32. The van der Waals surface area contributed by atoms with E-state index in [0.717, 1.165) is 12.0 Å². The average molecular weight is 195 g/mol. The molecule has 13 heavy (non-hydrogen) atoms. The van der Waals surface area contributed by atoms with E-state index in [9.17, 15) is 0 Å².